The molecule has 12 heteroatoms. The van der Waals surface area contributed by atoms with E-state index < -0.39 is 106 Å². The molecule has 2 saturated heterocycles. The highest BCUT2D eigenvalue weighted by Crippen LogP contribution is 2.84. The lowest BCUT2D eigenvalue weighted by Gasteiger charge is -2.68. The molecule has 46 heavy (non-hydrogen) atoms. The molecule has 12 nitrogen and oxygen atoms in total. The van der Waals surface area contributed by atoms with Crippen LogP contribution in [0.15, 0.2) is 42.5 Å². The Morgan fingerprint density at radius 3 is 2.13 bits per heavy atom. The Kier molecular flexibility index (Phi) is 6.55. The number of likely N-dealkylation sites (N-methyl/N-ethyl adjacent to an activating group) is 1. The van der Waals surface area contributed by atoms with E-state index in [9.17, 15) is 33.9 Å². The lowest BCUT2D eigenvalue weighted by Crippen LogP contribution is -2.79. The predicted molar refractivity (Wildman–Crippen MR) is 155 cm³/mol. The second-order valence-electron chi connectivity index (χ2n) is 14.2. The van der Waals surface area contributed by atoms with Gasteiger partial charge in [-0.25, -0.2) is 4.79 Å². The van der Waals surface area contributed by atoms with Gasteiger partial charge in [-0.05, 0) is 32.5 Å². The van der Waals surface area contributed by atoms with Gasteiger partial charge in [0.2, 0.25) is 0 Å². The van der Waals surface area contributed by atoms with Crippen molar-refractivity contribution in [2.75, 3.05) is 7.05 Å². The number of rotatable bonds is 6. The van der Waals surface area contributed by atoms with Crippen molar-refractivity contribution in [1.82, 2.24) is 4.90 Å². The fourth-order valence-corrected chi connectivity index (χ4v) is 11.5. The summed E-state index contributed by atoms with van der Waals surface area (Å²) in [4.78, 5) is 82.0. The molecule has 2 heterocycles. The molecule has 8 fully saturated rings. The zero-order chi connectivity index (χ0) is 33.2. The number of benzene rings is 1. The van der Waals surface area contributed by atoms with Crippen molar-refractivity contribution in [3.8, 4) is 0 Å². The number of Topliss-reactive ketones (excluding diaryl/α,β-unsaturated/α-hetero) is 1. The number of carbonyl (C=O) groups excluding carboxylic acids is 6. The molecule has 244 valence electrons. The summed E-state index contributed by atoms with van der Waals surface area (Å²) in [5, 5.41) is 12.4. The van der Waals surface area contributed by atoms with Gasteiger partial charge in [0.1, 0.15) is 18.2 Å². The van der Waals surface area contributed by atoms with Crippen LogP contribution < -0.4 is 0 Å². The molecule has 0 radical (unpaired) electrons. The second-order valence-corrected chi connectivity index (χ2v) is 14.2. The van der Waals surface area contributed by atoms with Crippen molar-refractivity contribution in [2.24, 2.45) is 39.9 Å². The van der Waals surface area contributed by atoms with Crippen LogP contribution in [0.2, 0.25) is 0 Å². The summed E-state index contributed by atoms with van der Waals surface area (Å²) in [7, 11) is 1.75. The molecule has 8 aliphatic rings. The Hall–Kier alpha value is -3.90. The first kappa shape index (κ1) is 30.7. The predicted octanol–water partition coefficient (Wildman–Crippen LogP) is 1.28. The normalized spacial score (nSPS) is 46.0. The van der Waals surface area contributed by atoms with Crippen LogP contribution in [0.1, 0.15) is 44.5 Å². The quantitative estimate of drug-likeness (QED) is 0.207. The first-order valence-electron chi connectivity index (χ1n) is 15.5. The fraction of sp³-hybridized carbons (Fsp3) is 0.588. The first-order valence-corrected chi connectivity index (χ1v) is 15.5. The Morgan fingerprint density at radius 2 is 1.54 bits per heavy atom. The summed E-state index contributed by atoms with van der Waals surface area (Å²) in [6.45, 7) is 9.35. The Balaban J connectivity index is 1.53. The van der Waals surface area contributed by atoms with E-state index >= 15 is 0 Å². The molecule has 7 bridgehead atoms. The number of aliphatic hydroxyl groups excluding tert-OH is 1. The zero-order valence-corrected chi connectivity index (χ0v) is 26.2. The van der Waals surface area contributed by atoms with E-state index in [1.807, 2.05) is 4.90 Å². The Morgan fingerprint density at radius 1 is 0.935 bits per heavy atom. The van der Waals surface area contributed by atoms with Crippen LogP contribution in [-0.2, 0) is 42.9 Å². The Labute approximate surface area is 265 Å². The molecule has 2 spiro atoms. The topological polar surface area (TPSA) is 163 Å². The summed E-state index contributed by atoms with van der Waals surface area (Å²) in [6.07, 6.45) is -5.69. The third kappa shape index (κ3) is 3.41. The minimum Gasteiger partial charge on any atom is -0.461 e. The molecule has 6 saturated carbocycles. The standard InChI is InChI=1S/C34H37NO11/c1-14-12-33-20-22(40)19(14)23(43-15(2)37)26(33)34-25(21(28(33)41)35(6)27(20)34)32(5,13-36)29(44-16(3)38)24(30(34)45-17(4)39)46-31(42)18-10-8-7-9-11-18/h7-11,13,19-21,23-30,41H,1,12H2,2-6H3/t19-,20+,21+,23-,24-,25+,26+,27+,28-,29+,30+,32-,33-,34+/m0/s1. The molecular formula is C34H37NO11. The first-order chi connectivity index (χ1) is 21.7. The van der Waals surface area contributed by atoms with Crippen LogP contribution in [-0.4, -0.2) is 95.6 Å². The maximum Gasteiger partial charge on any atom is 0.338 e. The highest BCUT2D eigenvalue weighted by atomic mass is 16.6. The largest absolute Gasteiger partial charge is 0.461 e. The number of ether oxygens (including phenoxy) is 4. The molecule has 1 aromatic carbocycles. The lowest BCUT2D eigenvalue weighted by molar-refractivity contribution is -0.288. The second kappa shape index (κ2) is 9.80. The molecule has 0 unspecified atom stereocenters. The van der Waals surface area contributed by atoms with Gasteiger partial charge in [-0.15, -0.1) is 0 Å². The number of aldehydes is 1. The molecule has 1 N–H and O–H groups in total. The van der Waals surface area contributed by atoms with Crippen LogP contribution >= 0.6 is 0 Å². The number of piperidine rings is 1. The van der Waals surface area contributed by atoms with Crippen molar-refractivity contribution in [1.29, 1.82) is 0 Å². The van der Waals surface area contributed by atoms with Gasteiger partial charge in [0, 0.05) is 61.4 Å². The van der Waals surface area contributed by atoms with E-state index in [4.69, 9.17) is 18.9 Å². The maximum absolute atomic E-state index is 14.5. The number of hydrogen-bond donors (Lipinski definition) is 1. The monoisotopic (exact) mass is 635 g/mol. The minimum atomic E-state index is -1.63. The SMILES string of the molecule is C=C1C[C@]23[C@@H]4C(=O)[C@H]1[C@H](OC(C)=O)[C@H]2[C@]12[C@H](OC(C)=O)[C@@H](OC(=O)c5ccccc5)[C@@H](OC(C)=O)[C@@](C)(C=O)[C@H]1[C@H]([C@@H]3O)N(C)[C@H]42. The summed E-state index contributed by atoms with van der Waals surface area (Å²) < 4.78 is 24.2. The molecular weight excluding hydrogens is 598 g/mol. The van der Waals surface area contributed by atoms with Gasteiger partial charge in [-0.2, -0.15) is 0 Å². The van der Waals surface area contributed by atoms with E-state index in [1.54, 1.807) is 32.2 Å². The number of hydrogen-bond acceptors (Lipinski definition) is 12. The van der Waals surface area contributed by atoms with Gasteiger partial charge >= 0.3 is 23.9 Å². The fourth-order valence-electron chi connectivity index (χ4n) is 11.5. The van der Waals surface area contributed by atoms with Crippen LogP contribution in [0.25, 0.3) is 0 Å². The van der Waals surface area contributed by atoms with Crippen molar-refractivity contribution in [3.63, 3.8) is 0 Å². The average Bonchev–Trinajstić information content (AvgIpc) is 3.32. The van der Waals surface area contributed by atoms with E-state index in [-0.39, 0.29) is 17.8 Å². The van der Waals surface area contributed by atoms with Gasteiger partial charge < -0.3 is 28.8 Å². The van der Waals surface area contributed by atoms with Gasteiger partial charge in [0.05, 0.1) is 23.0 Å². The van der Waals surface area contributed by atoms with Crippen LogP contribution in [0.4, 0.5) is 0 Å². The molecule has 2 aliphatic heterocycles. The Bertz CT molecular complexity index is 1590. The number of nitrogens with zero attached hydrogens (tertiary/aromatic N) is 1. The third-order valence-corrected chi connectivity index (χ3v) is 12.2. The highest BCUT2D eigenvalue weighted by molar-refractivity contribution is 5.94. The van der Waals surface area contributed by atoms with Gasteiger partial charge in [-0.1, -0.05) is 30.4 Å². The maximum atomic E-state index is 14.5. The van der Waals surface area contributed by atoms with E-state index in [0.717, 1.165) is 6.92 Å². The van der Waals surface area contributed by atoms with Crippen molar-refractivity contribution in [3.05, 3.63) is 48.0 Å². The third-order valence-electron chi connectivity index (χ3n) is 12.2. The van der Waals surface area contributed by atoms with Crippen molar-refractivity contribution < 1.29 is 52.8 Å². The summed E-state index contributed by atoms with van der Waals surface area (Å²) in [5.74, 6) is -6.56. The number of carbonyl (C=O) groups is 6. The lowest BCUT2D eigenvalue weighted by atomic mass is 9.37. The summed E-state index contributed by atoms with van der Waals surface area (Å²) >= 11 is 0. The average molecular weight is 636 g/mol. The van der Waals surface area contributed by atoms with Gasteiger partial charge in [0.25, 0.3) is 0 Å². The zero-order valence-electron chi connectivity index (χ0n) is 26.2. The van der Waals surface area contributed by atoms with E-state index in [1.165, 1.54) is 26.0 Å². The van der Waals surface area contributed by atoms with Crippen molar-refractivity contribution >= 4 is 35.9 Å². The van der Waals surface area contributed by atoms with E-state index in [0.29, 0.717) is 11.9 Å². The number of aliphatic hydroxyl groups is 1. The molecule has 14 atom stereocenters. The van der Waals surface area contributed by atoms with Crippen LogP contribution in [0.3, 0.4) is 0 Å². The highest BCUT2D eigenvalue weighted by Gasteiger charge is 2.94. The van der Waals surface area contributed by atoms with Crippen LogP contribution in [0.5, 0.6) is 0 Å². The van der Waals surface area contributed by atoms with Crippen molar-refractivity contribution in [2.45, 2.75) is 76.7 Å². The number of esters is 4. The number of fused-ring (bicyclic) bond motifs is 1. The molecule has 6 aliphatic carbocycles. The van der Waals surface area contributed by atoms with Crippen LogP contribution in [0, 0.1) is 39.9 Å². The van der Waals surface area contributed by atoms with Gasteiger partial charge in [-0.3, -0.25) is 24.1 Å². The minimum absolute atomic E-state index is 0.170. The van der Waals surface area contributed by atoms with E-state index in [2.05, 4.69) is 6.58 Å². The molecule has 0 aromatic heterocycles. The number of ketones is 1. The molecule has 9 rings (SSSR count). The molecule has 1 aromatic rings. The summed E-state index contributed by atoms with van der Waals surface area (Å²) in [6, 6.07) is 6.60. The summed E-state index contributed by atoms with van der Waals surface area (Å²) in [5.41, 5.74) is -3.44. The molecule has 0 amide bonds. The van der Waals surface area contributed by atoms with Gasteiger partial charge in [0.15, 0.2) is 18.3 Å². The smallest absolute Gasteiger partial charge is 0.338 e.